The highest BCUT2D eigenvalue weighted by atomic mass is 35.5. The molecule has 3 rings (SSSR count). The zero-order valence-electron chi connectivity index (χ0n) is 12.0. The lowest BCUT2D eigenvalue weighted by Crippen LogP contribution is -2.39. The first-order chi connectivity index (χ1) is 10.4. The molecule has 1 aromatic carbocycles. The van der Waals surface area contributed by atoms with Crippen LogP contribution in [-0.4, -0.2) is 39.0 Å². The lowest BCUT2D eigenvalue weighted by atomic mass is 9.96. The highest BCUT2D eigenvalue weighted by molar-refractivity contribution is 7.91. The second-order valence-corrected chi connectivity index (χ2v) is 8.64. The van der Waals surface area contributed by atoms with Gasteiger partial charge in [0.1, 0.15) is 12.4 Å². The fourth-order valence-electron chi connectivity index (χ4n) is 2.95. The molecule has 1 N–H and O–H groups in total. The molecule has 2 heterocycles. The van der Waals surface area contributed by atoms with Crippen molar-refractivity contribution in [2.75, 3.05) is 24.7 Å². The van der Waals surface area contributed by atoms with Gasteiger partial charge in [-0.25, -0.2) is 8.42 Å². The molecular weight excluding hydrogens is 326 g/mol. The number of ether oxygens (including phenoxy) is 1. The Kier molecular flexibility index (Phi) is 4.32. The van der Waals surface area contributed by atoms with Gasteiger partial charge in [-0.2, -0.15) is 0 Å². The van der Waals surface area contributed by atoms with E-state index >= 15 is 0 Å². The number of sulfone groups is 1. The first-order valence-electron chi connectivity index (χ1n) is 7.32. The summed E-state index contributed by atoms with van der Waals surface area (Å²) < 4.78 is 28.4. The Morgan fingerprint density at radius 1 is 1.41 bits per heavy atom. The van der Waals surface area contributed by atoms with Crippen LogP contribution < -0.4 is 10.1 Å². The van der Waals surface area contributed by atoms with Crippen LogP contribution in [0.15, 0.2) is 18.2 Å². The average molecular weight is 344 g/mol. The first-order valence-corrected chi connectivity index (χ1v) is 9.52. The molecule has 0 aliphatic carbocycles. The van der Waals surface area contributed by atoms with E-state index < -0.39 is 9.84 Å². The molecule has 22 heavy (non-hydrogen) atoms. The van der Waals surface area contributed by atoms with Gasteiger partial charge in [-0.3, -0.25) is 4.79 Å². The molecule has 0 bridgehead atoms. The second kappa shape index (κ2) is 6.08. The molecule has 5 nitrogen and oxygen atoms in total. The van der Waals surface area contributed by atoms with Gasteiger partial charge >= 0.3 is 0 Å². The second-order valence-electron chi connectivity index (χ2n) is 5.98. The number of carbonyl (C=O) groups excluding carboxylic acids is 1. The van der Waals surface area contributed by atoms with Crippen molar-refractivity contribution in [3.63, 3.8) is 0 Å². The average Bonchev–Trinajstić information content (AvgIpc) is 2.83. The molecule has 2 atom stereocenters. The molecule has 7 heteroatoms. The van der Waals surface area contributed by atoms with E-state index in [9.17, 15) is 13.2 Å². The highest BCUT2D eigenvalue weighted by Crippen LogP contribution is 2.29. The molecule has 0 aromatic heterocycles. The van der Waals surface area contributed by atoms with E-state index in [0.29, 0.717) is 31.0 Å². The summed E-state index contributed by atoms with van der Waals surface area (Å²) in [6.45, 7) is 0.750. The van der Waals surface area contributed by atoms with Crippen LogP contribution in [0.2, 0.25) is 5.02 Å². The summed E-state index contributed by atoms with van der Waals surface area (Å²) in [7, 11) is -2.90. The highest BCUT2D eigenvalue weighted by Gasteiger charge is 2.30. The summed E-state index contributed by atoms with van der Waals surface area (Å²) in [4.78, 5) is 12.2. The summed E-state index contributed by atoms with van der Waals surface area (Å²) in [6.07, 6.45) is 1.22. The standard InChI is InChI=1S/C15H18ClNO4S/c16-13-1-2-14-11(6-13)5-12(8-21-14)15(18)17-7-10-3-4-22(19,20)9-10/h1-2,6,10,12H,3-5,7-9H2,(H,17,18)/t10-,12+/m0/s1. The number of benzene rings is 1. The maximum Gasteiger partial charge on any atom is 0.226 e. The Morgan fingerprint density at radius 3 is 2.95 bits per heavy atom. The van der Waals surface area contributed by atoms with Gasteiger partial charge in [0, 0.05) is 11.6 Å². The van der Waals surface area contributed by atoms with Crippen molar-refractivity contribution >= 4 is 27.3 Å². The molecule has 1 aromatic rings. The third-order valence-corrected chi connectivity index (χ3v) is 6.26. The fourth-order valence-corrected chi connectivity index (χ4v) is 5.01. The number of hydrogen-bond acceptors (Lipinski definition) is 4. The molecule has 1 amide bonds. The third-order valence-electron chi connectivity index (χ3n) is 4.19. The van der Waals surface area contributed by atoms with Crippen molar-refractivity contribution in [3.8, 4) is 5.75 Å². The number of rotatable bonds is 3. The van der Waals surface area contributed by atoms with Crippen LogP contribution in [0.5, 0.6) is 5.75 Å². The van der Waals surface area contributed by atoms with Gasteiger partial charge in [0.15, 0.2) is 9.84 Å². The normalized spacial score (nSPS) is 26.0. The van der Waals surface area contributed by atoms with E-state index in [1.54, 1.807) is 6.07 Å². The summed E-state index contributed by atoms with van der Waals surface area (Å²) in [5.41, 5.74) is 0.933. The van der Waals surface area contributed by atoms with Crippen molar-refractivity contribution in [1.29, 1.82) is 0 Å². The Hall–Kier alpha value is -1.27. The molecule has 0 unspecified atom stereocenters. The largest absolute Gasteiger partial charge is 0.492 e. The van der Waals surface area contributed by atoms with E-state index in [-0.39, 0.29) is 29.2 Å². The minimum absolute atomic E-state index is 0.0280. The lowest BCUT2D eigenvalue weighted by Gasteiger charge is -2.25. The zero-order valence-corrected chi connectivity index (χ0v) is 13.6. The minimum atomic E-state index is -2.90. The number of amides is 1. The Bertz CT molecular complexity index is 689. The van der Waals surface area contributed by atoms with Crippen molar-refractivity contribution in [2.24, 2.45) is 11.8 Å². The van der Waals surface area contributed by atoms with Crippen molar-refractivity contribution in [2.45, 2.75) is 12.8 Å². The summed E-state index contributed by atoms with van der Waals surface area (Å²) >= 11 is 5.96. The predicted octanol–water partition coefficient (Wildman–Crippen LogP) is 1.44. The quantitative estimate of drug-likeness (QED) is 0.901. The number of carbonyl (C=O) groups is 1. The van der Waals surface area contributed by atoms with Crippen molar-refractivity contribution < 1.29 is 17.9 Å². The van der Waals surface area contributed by atoms with Gasteiger partial charge in [0.2, 0.25) is 5.91 Å². The monoisotopic (exact) mass is 343 g/mol. The van der Waals surface area contributed by atoms with E-state index in [0.717, 1.165) is 11.3 Å². The minimum Gasteiger partial charge on any atom is -0.492 e. The molecule has 0 spiro atoms. The van der Waals surface area contributed by atoms with Crippen LogP contribution in [-0.2, 0) is 21.1 Å². The summed E-state index contributed by atoms with van der Waals surface area (Å²) in [6, 6.07) is 5.40. The number of nitrogens with one attached hydrogen (secondary N) is 1. The molecule has 0 saturated carbocycles. The smallest absolute Gasteiger partial charge is 0.226 e. The van der Waals surface area contributed by atoms with Crippen LogP contribution in [0, 0.1) is 11.8 Å². The molecule has 120 valence electrons. The lowest BCUT2D eigenvalue weighted by molar-refractivity contribution is -0.126. The van der Waals surface area contributed by atoms with Crippen LogP contribution in [0.25, 0.3) is 0 Å². The number of fused-ring (bicyclic) bond motifs is 1. The molecule has 2 aliphatic heterocycles. The number of hydrogen-bond donors (Lipinski definition) is 1. The van der Waals surface area contributed by atoms with E-state index in [1.165, 1.54) is 0 Å². The SMILES string of the molecule is O=C(NC[C@@H]1CCS(=O)(=O)C1)[C@H]1COc2ccc(Cl)cc2C1. The van der Waals surface area contributed by atoms with Crippen molar-refractivity contribution in [1.82, 2.24) is 5.32 Å². The van der Waals surface area contributed by atoms with E-state index in [2.05, 4.69) is 5.32 Å². The number of halogens is 1. The van der Waals surface area contributed by atoms with Crippen LogP contribution >= 0.6 is 11.6 Å². The Morgan fingerprint density at radius 2 is 2.23 bits per heavy atom. The van der Waals surface area contributed by atoms with Crippen LogP contribution in [0.4, 0.5) is 0 Å². The fraction of sp³-hybridized carbons (Fsp3) is 0.533. The van der Waals surface area contributed by atoms with E-state index in [4.69, 9.17) is 16.3 Å². The van der Waals surface area contributed by atoms with Gasteiger partial charge in [-0.1, -0.05) is 11.6 Å². The third kappa shape index (κ3) is 3.55. The predicted molar refractivity (Wildman–Crippen MR) is 83.9 cm³/mol. The molecule has 2 aliphatic rings. The zero-order chi connectivity index (χ0) is 15.7. The topological polar surface area (TPSA) is 72.5 Å². The maximum absolute atomic E-state index is 12.2. The van der Waals surface area contributed by atoms with Crippen LogP contribution in [0.3, 0.4) is 0 Å². The molecule has 1 saturated heterocycles. The van der Waals surface area contributed by atoms with Crippen molar-refractivity contribution in [3.05, 3.63) is 28.8 Å². The summed E-state index contributed by atoms with van der Waals surface area (Å²) in [5, 5.41) is 3.49. The first kappa shape index (κ1) is 15.6. The van der Waals surface area contributed by atoms with Gasteiger partial charge < -0.3 is 10.1 Å². The summed E-state index contributed by atoms with van der Waals surface area (Å²) in [5.74, 6) is 0.855. The Balaban J connectivity index is 1.55. The van der Waals surface area contributed by atoms with Gasteiger partial charge in [0.25, 0.3) is 0 Å². The van der Waals surface area contributed by atoms with Crippen LogP contribution in [0.1, 0.15) is 12.0 Å². The van der Waals surface area contributed by atoms with E-state index in [1.807, 2.05) is 12.1 Å². The Labute approximate surface area is 134 Å². The maximum atomic E-state index is 12.2. The molecule has 1 fully saturated rings. The molecular formula is C15H18ClNO4S. The van der Waals surface area contributed by atoms with Gasteiger partial charge in [-0.15, -0.1) is 0 Å². The van der Waals surface area contributed by atoms with Gasteiger partial charge in [-0.05, 0) is 42.5 Å². The molecule has 0 radical (unpaired) electrons. The van der Waals surface area contributed by atoms with Gasteiger partial charge in [0.05, 0.1) is 17.4 Å².